The molecule has 29 heavy (non-hydrogen) atoms. The van der Waals surface area contributed by atoms with Gasteiger partial charge in [0.2, 0.25) is 10.0 Å². The summed E-state index contributed by atoms with van der Waals surface area (Å²) >= 11 is 0. The molecule has 7 nitrogen and oxygen atoms in total. The van der Waals surface area contributed by atoms with Gasteiger partial charge in [0.05, 0.1) is 30.5 Å². The highest BCUT2D eigenvalue weighted by atomic mass is 127. The third kappa shape index (κ3) is 7.08. The SMILES string of the molecule is CCNC(=NCc1ccccc1CS(=O)(=O)NC(C)C)NC1CC2CCC1O2.I. The highest BCUT2D eigenvalue weighted by molar-refractivity contribution is 14.0. The molecule has 0 radical (unpaired) electrons. The topological polar surface area (TPSA) is 91.8 Å². The van der Waals surface area contributed by atoms with E-state index in [0.29, 0.717) is 18.7 Å². The Morgan fingerprint density at radius 3 is 2.55 bits per heavy atom. The molecule has 3 N–H and O–H groups in total. The Hall–Kier alpha value is -0.910. The van der Waals surface area contributed by atoms with E-state index in [0.717, 1.165) is 42.9 Å². The van der Waals surface area contributed by atoms with Gasteiger partial charge in [-0.15, -0.1) is 24.0 Å². The number of halogens is 1. The van der Waals surface area contributed by atoms with Crippen molar-refractivity contribution in [1.29, 1.82) is 0 Å². The molecule has 0 spiro atoms. The average Bonchev–Trinajstić information content (AvgIpc) is 3.22. The summed E-state index contributed by atoms with van der Waals surface area (Å²) in [5.41, 5.74) is 1.69. The van der Waals surface area contributed by atoms with E-state index in [9.17, 15) is 8.42 Å². The molecule has 0 aliphatic carbocycles. The second-order valence-corrected chi connectivity index (χ2v) is 9.61. The largest absolute Gasteiger partial charge is 0.373 e. The molecule has 3 unspecified atom stereocenters. The summed E-state index contributed by atoms with van der Waals surface area (Å²) in [5.74, 6) is 0.711. The number of hydrogen-bond acceptors (Lipinski definition) is 4. The molecule has 3 rings (SSSR count). The number of nitrogens with zero attached hydrogens (tertiary/aromatic N) is 1. The average molecular weight is 536 g/mol. The number of benzene rings is 1. The summed E-state index contributed by atoms with van der Waals surface area (Å²) in [4.78, 5) is 4.71. The molecular weight excluding hydrogens is 503 g/mol. The fourth-order valence-corrected chi connectivity index (χ4v) is 5.40. The van der Waals surface area contributed by atoms with Gasteiger partial charge >= 0.3 is 0 Å². The van der Waals surface area contributed by atoms with Crippen LogP contribution in [0.5, 0.6) is 0 Å². The van der Waals surface area contributed by atoms with Gasteiger partial charge in [-0.25, -0.2) is 18.1 Å². The maximum absolute atomic E-state index is 12.3. The fraction of sp³-hybridized carbons (Fsp3) is 0.650. The second-order valence-electron chi connectivity index (χ2n) is 7.86. The predicted molar refractivity (Wildman–Crippen MR) is 127 cm³/mol. The quantitative estimate of drug-likeness (QED) is 0.270. The first-order chi connectivity index (χ1) is 13.4. The van der Waals surface area contributed by atoms with Crippen molar-refractivity contribution in [3.05, 3.63) is 35.4 Å². The van der Waals surface area contributed by atoms with E-state index in [-0.39, 0.29) is 41.9 Å². The molecule has 164 valence electrons. The van der Waals surface area contributed by atoms with Crippen molar-refractivity contribution in [3.63, 3.8) is 0 Å². The molecule has 0 aromatic heterocycles. The first-order valence-electron chi connectivity index (χ1n) is 10.1. The Bertz CT molecular complexity index is 801. The van der Waals surface area contributed by atoms with Crippen LogP contribution < -0.4 is 15.4 Å². The van der Waals surface area contributed by atoms with E-state index < -0.39 is 10.0 Å². The molecule has 1 aromatic rings. The van der Waals surface area contributed by atoms with Gasteiger partial charge in [-0.05, 0) is 51.2 Å². The zero-order valence-corrected chi connectivity index (χ0v) is 20.5. The van der Waals surface area contributed by atoms with Crippen molar-refractivity contribution in [2.45, 2.75) is 76.6 Å². The lowest BCUT2D eigenvalue weighted by atomic mass is 9.96. The Balaban J connectivity index is 0.00000300. The Kier molecular flexibility index (Phi) is 9.17. The van der Waals surface area contributed by atoms with Gasteiger partial charge in [-0.3, -0.25) is 0 Å². The van der Waals surface area contributed by atoms with Crippen LogP contribution in [0.15, 0.2) is 29.3 Å². The lowest BCUT2D eigenvalue weighted by Gasteiger charge is -2.22. The number of rotatable bonds is 8. The van der Waals surface area contributed by atoms with Gasteiger partial charge < -0.3 is 15.4 Å². The molecule has 9 heteroatoms. The number of hydrogen-bond donors (Lipinski definition) is 3. The van der Waals surface area contributed by atoms with Gasteiger partial charge in [-0.1, -0.05) is 24.3 Å². The van der Waals surface area contributed by atoms with Crippen LogP contribution >= 0.6 is 24.0 Å². The van der Waals surface area contributed by atoms with E-state index in [1.807, 2.05) is 45.0 Å². The lowest BCUT2D eigenvalue weighted by molar-refractivity contribution is 0.0992. The number of guanidine groups is 1. The van der Waals surface area contributed by atoms with Gasteiger partial charge in [0.15, 0.2) is 5.96 Å². The smallest absolute Gasteiger partial charge is 0.216 e. The number of nitrogens with one attached hydrogen (secondary N) is 3. The molecule has 0 saturated carbocycles. The summed E-state index contributed by atoms with van der Waals surface area (Å²) in [5, 5.41) is 6.78. The highest BCUT2D eigenvalue weighted by Gasteiger charge is 2.41. The van der Waals surface area contributed by atoms with Crippen LogP contribution in [-0.2, 0) is 27.1 Å². The van der Waals surface area contributed by atoms with Crippen LogP contribution in [-0.4, -0.2) is 45.2 Å². The third-order valence-corrected chi connectivity index (χ3v) is 6.58. The molecule has 2 bridgehead atoms. The number of sulfonamides is 1. The first-order valence-corrected chi connectivity index (χ1v) is 11.8. The molecule has 2 saturated heterocycles. The molecule has 3 atom stereocenters. The number of fused-ring (bicyclic) bond motifs is 2. The normalized spacial score (nSPS) is 23.9. The van der Waals surface area contributed by atoms with Gasteiger partial charge in [-0.2, -0.15) is 0 Å². The lowest BCUT2D eigenvalue weighted by Crippen LogP contribution is -2.47. The van der Waals surface area contributed by atoms with Gasteiger partial charge in [0, 0.05) is 12.6 Å². The second kappa shape index (κ2) is 10.9. The summed E-state index contributed by atoms with van der Waals surface area (Å²) in [6.07, 6.45) is 3.93. The maximum Gasteiger partial charge on any atom is 0.216 e. The summed E-state index contributed by atoms with van der Waals surface area (Å²) in [7, 11) is -3.38. The van der Waals surface area contributed by atoms with Crippen LogP contribution in [0.4, 0.5) is 0 Å². The standard InChI is InChI=1S/C20H32N4O3S.HI/c1-4-21-20(23-18-11-17-9-10-19(18)27-17)22-12-15-7-5-6-8-16(15)13-28(25,26)24-14(2)3;/h5-8,14,17-19,24H,4,9-13H2,1-3H3,(H2,21,22,23);1H. The van der Waals surface area contributed by atoms with Crippen molar-refractivity contribution in [2.75, 3.05) is 6.54 Å². The van der Waals surface area contributed by atoms with E-state index in [1.165, 1.54) is 0 Å². The first kappa shape index (κ1) is 24.4. The predicted octanol–water partition coefficient (Wildman–Crippen LogP) is 2.51. The number of ether oxygens (including phenoxy) is 1. The number of aliphatic imine (C=N–C) groups is 1. The van der Waals surface area contributed by atoms with Crippen molar-refractivity contribution in [1.82, 2.24) is 15.4 Å². The zero-order valence-electron chi connectivity index (χ0n) is 17.3. The van der Waals surface area contributed by atoms with Crippen molar-refractivity contribution in [2.24, 2.45) is 4.99 Å². The van der Waals surface area contributed by atoms with E-state index in [1.54, 1.807) is 0 Å². The molecule has 2 fully saturated rings. The summed E-state index contributed by atoms with van der Waals surface area (Å²) in [6.45, 7) is 6.86. The van der Waals surface area contributed by atoms with Crippen LogP contribution in [0.25, 0.3) is 0 Å². The van der Waals surface area contributed by atoms with E-state index in [2.05, 4.69) is 15.4 Å². The molecule has 2 aliphatic heterocycles. The van der Waals surface area contributed by atoms with Crippen LogP contribution in [0.3, 0.4) is 0 Å². The van der Waals surface area contributed by atoms with Crippen molar-refractivity contribution >= 4 is 40.0 Å². The minimum Gasteiger partial charge on any atom is -0.373 e. The van der Waals surface area contributed by atoms with Crippen LogP contribution in [0.2, 0.25) is 0 Å². The van der Waals surface area contributed by atoms with Crippen LogP contribution in [0, 0.1) is 0 Å². The Morgan fingerprint density at radius 1 is 1.24 bits per heavy atom. The maximum atomic E-state index is 12.3. The monoisotopic (exact) mass is 536 g/mol. The van der Waals surface area contributed by atoms with Crippen molar-refractivity contribution < 1.29 is 13.2 Å². The summed E-state index contributed by atoms with van der Waals surface area (Å²) < 4.78 is 33.2. The minimum atomic E-state index is -3.38. The van der Waals surface area contributed by atoms with Crippen LogP contribution in [0.1, 0.15) is 51.2 Å². The highest BCUT2D eigenvalue weighted by Crippen LogP contribution is 2.34. The zero-order chi connectivity index (χ0) is 20.1. The van der Waals surface area contributed by atoms with Gasteiger partial charge in [0.1, 0.15) is 0 Å². The molecular formula is C20H33IN4O3S. The molecule has 2 aliphatic rings. The minimum absolute atomic E-state index is 0. The molecule has 0 amide bonds. The Labute approximate surface area is 191 Å². The van der Waals surface area contributed by atoms with Crippen molar-refractivity contribution in [3.8, 4) is 0 Å². The van der Waals surface area contributed by atoms with E-state index in [4.69, 9.17) is 9.73 Å². The third-order valence-electron chi connectivity index (χ3n) is 5.06. The van der Waals surface area contributed by atoms with E-state index >= 15 is 0 Å². The molecule has 2 heterocycles. The fourth-order valence-electron chi connectivity index (χ4n) is 3.91. The van der Waals surface area contributed by atoms with Gasteiger partial charge in [0.25, 0.3) is 0 Å². The Morgan fingerprint density at radius 2 is 1.97 bits per heavy atom. The summed E-state index contributed by atoms with van der Waals surface area (Å²) in [6, 6.07) is 7.75. The molecule has 1 aromatic carbocycles.